The van der Waals surface area contributed by atoms with Crippen LogP contribution in [-0.4, -0.2) is 37.2 Å². The molecular weight excluding hydrogens is 805 g/mol. The zero-order valence-corrected chi connectivity index (χ0v) is 43.8. The summed E-state index contributed by atoms with van der Waals surface area (Å²) in [5.41, 5.74) is 0. The van der Waals surface area contributed by atoms with Gasteiger partial charge in [0.05, 0.1) is 0 Å². The molecule has 0 bridgehead atoms. The van der Waals surface area contributed by atoms with Crippen LogP contribution >= 0.6 is 0 Å². The minimum absolute atomic E-state index is 0.0681. The number of rotatable bonds is 53. The minimum atomic E-state index is -0.769. The van der Waals surface area contributed by atoms with Gasteiger partial charge in [0.2, 0.25) is 0 Å². The maximum atomic E-state index is 12.8. The average molecular weight is 916 g/mol. The van der Waals surface area contributed by atoms with Crippen molar-refractivity contribution in [3.05, 3.63) is 24.3 Å². The Bertz CT molecular complexity index is 1050. The minimum Gasteiger partial charge on any atom is -0.462 e. The molecule has 0 rings (SSSR count). The summed E-state index contributed by atoms with van der Waals surface area (Å²) < 4.78 is 16.9. The zero-order chi connectivity index (χ0) is 47.2. The first-order chi connectivity index (χ1) is 32.0. The molecule has 0 saturated carbocycles. The monoisotopic (exact) mass is 915 g/mol. The van der Waals surface area contributed by atoms with Gasteiger partial charge in [-0.3, -0.25) is 14.4 Å². The Balaban J connectivity index is 4.33. The SMILES string of the molecule is CCCCC/C=C\C/C=C\CCCCCCCCCC(=O)OC[C@@H](COC(=O)CCCCCCCCCCCCCCCC)OC(=O)CCCCCCCCCCCCCCCCCC. The number of carbonyl (C=O) groups is 3. The topological polar surface area (TPSA) is 78.9 Å². The quantitative estimate of drug-likeness (QED) is 0.0262. The molecule has 6 nitrogen and oxygen atoms in total. The lowest BCUT2D eigenvalue weighted by Gasteiger charge is -2.18. The Morgan fingerprint density at radius 3 is 0.877 bits per heavy atom. The third-order valence-electron chi connectivity index (χ3n) is 13.0. The Morgan fingerprint density at radius 2 is 0.554 bits per heavy atom. The molecule has 0 aromatic rings. The van der Waals surface area contributed by atoms with Crippen LogP contribution in [0.4, 0.5) is 0 Å². The highest BCUT2D eigenvalue weighted by Crippen LogP contribution is 2.17. The number of esters is 3. The average Bonchev–Trinajstić information content (AvgIpc) is 3.30. The van der Waals surface area contributed by atoms with Crippen molar-refractivity contribution in [2.24, 2.45) is 0 Å². The molecule has 0 radical (unpaired) electrons. The molecular formula is C59H110O6. The second-order valence-electron chi connectivity index (χ2n) is 19.6. The molecule has 65 heavy (non-hydrogen) atoms. The standard InChI is InChI=1S/C59H110O6/c1-4-7-10-13-16-19-22-25-28-30-32-34-37-40-43-46-49-52-58(61)64-55-56(54-63-57(60)51-48-45-42-39-36-33-27-24-21-18-15-12-9-6-3)65-59(62)53-50-47-44-41-38-35-31-29-26-23-20-17-14-11-8-5-2/h16,19,25,28,56H,4-15,17-18,20-24,26-27,29-55H2,1-3H3/b19-16-,28-25-/t56-/m1/s1. The molecule has 0 amide bonds. The molecule has 0 aliphatic carbocycles. The van der Waals surface area contributed by atoms with Gasteiger partial charge in [0.25, 0.3) is 0 Å². The number of carbonyl (C=O) groups excluding carboxylic acids is 3. The lowest BCUT2D eigenvalue weighted by Crippen LogP contribution is -2.30. The van der Waals surface area contributed by atoms with E-state index in [4.69, 9.17) is 14.2 Å². The fourth-order valence-electron chi connectivity index (χ4n) is 8.59. The van der Waals surface area contributed by atoms with Crippen molar-refractivity contribution in [2.45, 2.75) is 322 Å². The molecule has 0 heterocycles. The number of hydrogen-bond donors (Lipinski definition) is 0. The summed E-state index contributed by atoms with van der Waals surface area (Å²) in [7, 11) is 0. The highest BCUT2D eigenvalue weighted by molar-refractivity contribution is 5.71. The first kappa shape index (κ1) is 62.9. The molecule has 0 aliphatic rings. The number of allylic oxidation sites excluding steroid dienone is 4. The van der Waals surface area contributed by atoms with Crippen LogP contribution in [0, 0.1) is 0 Å². The molecule has 0 unspecified atom stereocenters. The van der Waals surface area contributed by atoms with E-state index in [9.17, 15) is 14.4 Å². The van der Waals surface area contributed by atoms with E-state index in [1.807, 2.05) is 0 Å². The van der Waals surface area contributed by atoms with Crippen molar-refractivity contribution in [3.63, 3.8) is 0 Å². The number of ether oxygens (including phenoxy) is 3. The van der Waals surface area contributed by atoms with Crippen molar-refractivity contribution < 1.29 is 28.6 Å². The van der Waals surface area contributed by atoms with Crippen molar-refractivity contribution in [1.29, 1.82) is 0 Å². The highest BCUT2D eigenvalue weighted by atomic mass is 16.6. The molecule has 0 N–H and O–H groups in total. The van der Waals surface area contributed by atoms with Crippen LogP contribution in [0.1, 0.15) is 316 Å². The van der Waals surface area contributed by atoms with Crippen molar-refractivity contribution in [1.82, 2.24) is 0 Å². The van der Waals surface area contributed by atoms with Crippen molar-refractivity contribution >= 4 is 17.9 Å². The Hall–Kier alpha value is -2.11. The Labute approximate surface area is 404 Å². The molecule has 0 aliphatic heterocycles. The lowest BCUT2D eigenvalue weighted by atomic mass is 10.0. The van der Waals surface area contributed by atoms with Gasteiger partial charge < -0.3 is 14.2 Å². The van der Waals surface area contributed by atoms with Crippen molar-refractivity contribution in [3.8, 4) is 0 Å². The van der Waals surface area contributed by atoms with Gasteiger partial charge >= 0.3 is 17.9 Å². The van der Waals surface area contributed by atoms with Gasteiger partial charge in [0, 0.05) is 19.3 Å². The molecule has 0 aromatic heterocycles. The van der Waals surface area contributed by atoms with Gasteiger partial charge in [-0.15, -0.1) is 0 Å². The predicted molar refractivity (Wildman–Crippen MR) is 279 cm³/mol. The fraction of sp³-hybridized carbons (Fsp3) is 0.881. The van der Waals surface area contributed by atoms with E-state index in [0.717, 1.165) is 70.6 Å². The van der Waals surface area contributed by atoms with Crippen LogP contribution in [0.15, 0.2) is 24.3 Å². The van der Waals surface area contributed by atoms with Gasteiger partial charge in [-0.25, -0.2) is 0 Å². The number of hydrogen-bond acceptors (Lipinski definition) is 6. The Morgan fingerprint density at radius 1 is 0.308 bits per heavy atom. The van der Waals surface area contributed by atoms with E-state index >= 15 is 0 Å². The largest absolute Gasteiger partial charge is 0.462 e. The summed E-state index contributed by atoms with van der Waals surface area (Å²) in [5, 5.41) is 0. The van der Waals surface area contributed by atoms with E-state index < -0.39 is 6.10 Å². The van der Waals surface area contributed by atoms with Gasteiger partial charge in [-0.1, -0.05) is 270 Å². The van der Waals surface area contributed by atoms with E-state index in [-0.39, 0.29) is 31.1 Å². The normalized spacial score (nSPS) is 12.1. The van der Waals surface area contributed by atoms with Gasteiger partial charge in [0.15, 0.2) is 6.10 Å². The van der Waals surface area contributed by atoms with Gasteiger partial charge in [-0.2, -0.15) is 0 Å². The maximum absolute atomic E-state index is 12.8. The predicted octanol–water partition coefficient (Wildman–Crippen LogP) is 19.1. The van der Waals surface area contributed by atoms with Crippen LogP contribution in [0.25, 0.3) is 0 Å². The third kappa shape index (κ3) is 52.7. The zero-order valence-electron chi connectivity index (χ0n) is 43.8. The van der Waals surface area contributed by atoms with Gasteiger partial charge in [-0.05, 0) is 51.4 Å². The molecule has 0 saturated heterocycles. The van der Waals surface area contributed by atoms with Crippen LogP contribution in [0.5, 0.6) is 0 Å². The summed E-state index contributed by atoms with van der Waals surface area (Å²) in [5.74, 6) is -0.854. The summed E-state index contributed by atoms with van der Waals surface area (Å²) >= 11 is 0. The van der Waals surface area contributed by atoms with Crippen molar-refractivity contribution in [2.75, 3.05) is 13.2 Å². The second-order valence-corrected chi connectivity index (χ2v) is 19.6. The fourth-order valence-corrected chi connectivity index (χ4v) is 8.59. The lowest BCUT2D eigenvalue weighted by molar-refractivity contribution is -0.167. The smallest absolute Gasteiger partial charge is 0.306 e. The Kier molecular flexibility index (Phi) is 52.7. The molecule has 0 spiro atoms. The van der Waals surface area contributed by atoms with Crippen LogP contribution in [-0.2, 0) is 28.6 Å². The summed E-state index contributed by atoms with van der Waals surface area (Å²) in [6, 6.07) is 0. The van der Waals surface area contributed by atoms with Crippen LogP contribution in [0.2, 0.25) is 0 Å². The molecule has 0 fully saturated rings. The molecule has 1 atom stereocenters. The van der Waals surface area contributed by atoms with E-state index in [0.29, 0.717) is 19.3 Å². The van der Waals surface area contributed by atoms with E-state index in [1.165, 1.54) is 205 Å². The first-order valence-corrected chi connectivity index (χ1v) is 28.8. The highest BCUT2D eigenvalue weighted by Gasteiger charge is 2.19. The third-order valence-corrected chi connectivity index (χ3v) is 13.0. The number of unbranched alkanes of at least 4 members (excludes halogenated alkanes) is 38. The first-order valence-electron chi connectivity index (χ1n) is 28.8. The summed E-state index contributed by atoms with van der Waals surface area (Å²) in [4.78, 5) is 38.1. The molecule has 0 aromatic carbocycles. The van der Waals surface area contributed by atoms with E-state index in [2.05, 4.69) is 45.1 Å². The summed E-state index contributed by atoms with van der Waals surface area (Å²) in [6.45, 7) is 6.66. The second kappa shape index (κ2) is 54.5. The van der Waals surface area contributed by atoms with E-state index in [1.54, 1.807) is 0 Å². The summed E-state index contributed by atoms with van der Waals surface area (Å²) in [6.07, 6.45) is 63.0. The molecule has 382 valence electrons. The van der Waals surface area contributed by atoms with Crippen LogP contribution < -0.4 is 0 Å². The maximum Gasteiger partial charge on any atom is 0.306 e. The van der Waals surface area contributed by atoms with Gasteiger partial charge in [0.1, 0.15) is 13.2 Å². The molecule has 6 heteroatoms. The van der Waals surface area contributed by atoms with Crippen LogP contribution in [0.3, 0.4) is 0 Å².